The zero-order valence-corrected chi connectivity index (χ0v) is 11.7. The number of aryl methyl sites for hydroxylation is 2. The van der Waals surface area contributed by atoms with E-state index in [1.165, 1.54) is 15.3 Å². The molecule has 0 fully saturated rings. The molecule has 1 N–H and O–H groups in total. The number of rotatable bonds is 3. The number of pyridine rings is 1. The van der Waals surface area contributed by atoms with Crippen LogP contribution in [0.1, 0.15) is 15.3 Å². The molecule has 0 amide bonds. The predicted molar refractivity (Wildman–Crippen MR) is 73.1 cm³/mol. The monoisotopic (exact) mass is 296 g/mol. The molecule has 0 bridgehead atoms. The lowest BCUT2D eigenvalue weighted by Crippen LogP contribution is -1.99. The Kier molecular flexibility index (Phi) is 3.61. The van der Waals surface area contributed by atoms with Gasteiger partial charge in [0, 0.05) is 20.4 Å². The number of hydrogen-bond acceptors (Lipinski definition) is 3. The maximum Gasteiger partial charge on any atom is 0.126 e. The Bertz CT molecular complexity index is 494. The summed E-state index contributed by atoms with van der Waals surface area (Å²) in [5, 5.41) is 3.32. The summed E-state index contributed by atoms with van der Waals surface area (Å²) in [5.41, 5.74) is 1.19. The lowest BCUT2D eigenvalue weighted by molar-refractivity contribution is 1.13. The van der Waals surface area contributed by atoms with E-state index in [9.17, 15) is 0 Å². The summed E-state index contributed by atoms with van der Waals surface area (Å²) in [4.78, 5) is 6.99. The molecule has 2 nitrogen and oxygen atoms in total. The molecule has 0 aromatic carbocycles. The average molecular weight is 297 g/mol. The zero-order chi connectivity index (χ0) is 11.5. The molecule has 0 saturated heterocycles. The largest absolute Gasteiger partial charge is 0.365 e. The van der Waals surface area contributed by atoms with Crippen LogP contribution in [0.2, 0.25) is 0 Å². The van der Waals surface area contributed by atoms with E-state index in [1.807, 2.05) is 23.6 Å². The highest BCUT2D eigenvalue weighted by Crippen LogP contribution is 2.19. The highest BCUT2D eigenvalue weighted by molar-refractivity contribution is 9.10. The van der Waals surface area contributed by atoms with Crippen molar-refractivity contribution in [2.75, 3.05) is 5.32 Å². The van der Waals surface area contributed by atoms with Crippen molar-refractivity contribution >= 4 is 33.1 Å². The summed E-state index contributed by atoms with van der Waals surface area (Å²) in [6.07, 6.45) is 1.83. The van der Waals surface area contributed by atoms with Gasteiger partial charge >= 0.3 is 0 Å². The fourth-order valence-corrected chi connectivity index (χ4v) is 2.44. The molecule has 0 aliphatic rings. The molecule has 16 heavy (non-hydrogen) atoms. The van der Waals surface area contributed by atoms with Crippen molar-refractivity contribution < 1.29 is 0 Å². The highest BCUT2D eigenvalue weighted by atomic mass is 79.9. The van der Waals surface area contributed by atoms with Crippen LogP contribution in [-0.4, -0.2) is 4.98 Å². The first-order valence-corrected chi connectivity index (χ1v) is 6.67. The van der Waals surface area contributed by atoms with Crippen molar-refractivity contribution in [1.29, 1.82) is 0 Å². The van der Waals surface area contributed by atoms with Gasteiger partial charge in [-0.1, -0.05) is 0 Å². The normalized spacial score (nSPS) is 10.4. The Hall–Kier alpha value is -0.870. The fraction of sp³-hybridized carbons (Fsp3) is 0.250. The minimum absolute atomic E-state index is 0.840. The lowest BCUT2D eigenvalue weighted by Gasteiger charge is -2.05. The second-order valence-corrected chi connectivity index (χ2v) is 5.91. The van der Waals surface area contributed by atoms with Crippen molar-refractivity contribution in [3.05, 3.63) is 44.2 Å². The molecule has 2 rings (SSSR count). The van der Waals surface area contributed by atoms with E-state index in [2.05, 4.69) is 52.2 Å². The number of nitrogens with one attached hydrogen (secondary N) is 1. The molecule has 2 aromatic rings. The summed E-state index contributed by atoms with van der Waals surface area (Å²) in [7, 11) is 0. The molecule has 0 saturated carbocycles. The first-order valence-electron chi connectivity index (χ1n) is 5.06. The van der Waals surface area contributed by atoms with Gasteiger partial charge in [-0.25, -0.2) is 4.98 Å². The second-order valence-electron chi connectivity index (χ2n) is 3.68. The Morgan fingerprint density at radius 3 is 2.81 bits per heavy atom. The average Bonchev–Trinajstić information content (AvgIpc) is 2.66. The van der Waals surface area contributed by atoms with Gasteiger partial charge in [0.05, 0.1) is 6.54 Å². The Labute approximate surface area is 108 Å². The topological polar surface area (TPSA) is 24.9 Å². The van der Waals surface area contributed by atoms with Crippen molar-refractivity contribution in [3.8, 4) is 0 Å². The number of halogens is 1. The van der Waals surface area contributed by atoms with Crippen LogP contribution in [-0.2, 0) is 6.54 Å². The van der Waals surface area contributed by atoms with E-state index in [4.69, 9.17) is 0 Å². The summed E-state index contributed by atoms with van der Waals surface area (Å²) in [5.74, 6) is 0.923. The molecule has 0 spiro atoms. The van der Waals surface area contributed by atoms with Gasteiger partial charge in [0.15, 0.2) is 0 Å². The van der Waals surface area contributed by atoms with Gasteiger partial charge in [-0.3, -0.25) is 0 Å². The van der Waals surface area contributed by atoms with Gasteiger partial charge in [0.25, 0.3) is 0 Å². The third kappa shape index (κ3) is 2.83. The van der Waals surface area contributed by atoms with E-state index < -0.39 is 0 Å². The van der Waals surface area contributed by atoms with E-state index >= 15 is 0 Å². The number of thiophene rings is 1. The molecule has 0 atom stereocenters. The molecule has 0 unspecified atom stereocenters. The van der Waals surface area contributed by atoms with Crippen LogP contribution >= 0.6 is 27.3 Å². The predicted octanol–water partition coefficient (Wildman–Crippen LogP) is 4.13. The molecule has 0 aliphatic heterocycles. The number of nitrogens with zero attached hydrogens (tertiary/aromatic N) is 1. The third-order valence-electron chi connectivity index (χ3n) is 2.29. The molecular formula is C12H13BrN2S. The highest BCUT2D eigenvalue weighted by Gasteiger charge is 2.00. The molecule has 0 aliphatic carbocycles. The summed E-state index contributed by atoms with van der Waals surface area (Å²) in [6, 6.07) is 6.34. The third-order valence-corrected chi connectivity index (χ3v) is 4.12. The minimum atomic E-state index is 0.840. The lowest BCUT2D eigenvalue weighted by atomic mass is 10.3. The van der Waals surface area contributed by atoms with Crippen molar-refractivity contribution in [3.63, 3.8) is 0 Å². The first kappa shape index (κ1) is 11.6. The van der Waals surface area contributed by atoms with Gasteiger partial charge in [-0.05, 0) is 53.5 Å². The van der Waals surface area contributed by atoms with Crippen LogP contribution < -0.4 is 5.32 Å². The second kappa shape index (κ2) is 4.97. The maximum absolute atomic E-state index is 4.31. The summed E-state index contributed by atoms with van der Waals surface area (Å²) >= 11 is 5.26. The SMILES string of the molecule is Cc1ccc(CNc2cc(C)c(Br)cn2)s1. The van der Waals surface area contributed by atoms with Crippen molar-refractivity contribution in [2.45, 2.75) is 20.4 Å². The number of aromatic nitrogens is 1. The Morgan fingerprint density at radius 1 is 1.38 bits per heavy atom. The van der Waals surface area contributed by atoms with E-state index in [1.54, 1.807) is 0 Å². The van der Waals surface area contributed by atoms with Gasteiger partial charge < -0.3 is 5.32 Å². The van der Waals surface area contributed by atoms with Crippen LogP contribution in [0.5, 0.6) is 0 Å². The van der Waals surface area contributed by atoms with Crippen molar-refractivity contribution in [1.82, 2.24) is 4.98 Å². The van der Waals surface area contributed by atoms with Crippen molar-refractivity contribution in [2.24, 2.45) is 0 Å². The quantitative estimate of drug-likeness (QED) is 0.921. The van der Waals surface area contributed by atoms with E-state index in [0.29, 0.717) is 0 Å². The van der Waals surface area contributed by atoms with Gasteiger partial charge in [-0.2, -0.15) is 0 Å². The standard InChI is InChI=1S/C12H13BrN2S/c1-8-5-12(15-7-11(8)13)14-6-10-4-3-9(2)16-10/h3-5,7H,6H2,1-2H3,(H,14,15). The first-order chi connectivity index (χ1) is 7.65. The van der Waals surface area contributed by atoms with Crippen LogP contribution in [0.4, 0.5) is 5.82 Å². The van der Waals surface area contributed by atoms with Crippen LogP contribution in [0.15, 0.2) is 28.9 Å². The van der Waals surface area contributed by atoms with E-state index in [0.717, 1.165) is 16.8 Å². The minimum Gasteiger partial charge on any atom is -0.365 e. The molecule has 4 heteroatoms. The van der Waals surface area contributed by atoms with E-state index in [-0.39, 0.29) is 0 Å². The van der Waals surface area contributed by atoms with Gasteiger partial charge in [0.2, 0.25) is 0 Å². The Morgan fingerprint density at radius 2 is 2.19 bits per heavy atom. The van der Waals surface area contributed by atoms with Crippen LogP contribution in [0.25, 0.3) is 0 Å². The summed E-state index contributed by atoms with van der Waals surface area (Å²) < 4.78 is 1.05. The van der Waals surface area contributed by atoms with Gasteiger partial charge in [-0.15, -0.1) is 11.3 Å². The Balaban J connectivity index is 2.02. The van der Waals surface area contributed by atoms with Crippen LogP contribution in [0, 0.1) is 13.8 Å². The number of anilines is 1. The summed E-state index contributed by atoms with van der Waals surface area (Å²) in [6.45, 7) is 5.02. The van der Waals surface area contributed by atoms with Crippen LogP contribution in [0.3, 0.4) is 0 Å². The maximum atomic E-state index is 4.31. The van der Waals surface area contributed by atoms with Gasteiger partial charge in [0.1, 0.15) is 5.82 Å². The molecular weight excluding hydrogens is 284 g/mol. The molecule has 2 aromatic heterocycles. The fourth-order valence-electron chi connectivity index (χ4n) is 1.39. The molecule has 2 heterocycles. The molecule has 0 radical (unpaired) electrons. The molecule has 84 valence electrons. The smallest absolute Gasteiger partial charge is 0.126 e. The number of hydrogen-bond donors (Lipinski definition) is 1. The zero-order valence-electron chi connectivity index (χ0n) is 9.25.